The Balaban J connectivity index is 1.90. The molecule has 0 bridgehead atoms. The summed E-state index contributed by atoms with van der Waals surface area (Å²) in [5, 5.41) is 2.95. The van der Waals surface area contributed by atoms with E-state index in [1.165, 1.54) is 6.07 Å². The summed E-state index contributed by atoms with van der Waals surface area (Å²) in [5.41, 5.74) is 0.827. The van der Waals surface area contributed by atoms with E-state index in [9.17, 15) is 18.0 Å². The number of hydrogen-bond donors (Lipinski definition) is 2. The molecule has 2 N–H and O–H groups in total. The second-order valence-electron chi connectivity index (χ2n) is 14.2. The summed E-state index contributed by atoms with van der Waals surface area (Å²) in [6.07, 6.45) is 4.51. The van der Waals surface area contributed by atoms with Crippen LogP contribution >= 0.6 is 0 Å². The summed E-state index contributed by atoms with van der Waals surface area (Å²) in [6, 6.07) is 4.47. The van der Waals surface area contributed by atoms with Crippen molar-refractivity contribution >= 4 is 30.0 Å². The Bertz CT molecular complexity index is 1180. The Morgan fingerprint density at radius 3 is 2.15 bits per heavy atom. The number of benzene rings is 1. The summed E-state index contributed by atoms with van der Waals surface area (Å²) in [7, 11) is -5.89. The second kappa shape index (κ2) is 11.4. The van der Waals surface area contributed by atoms with E-state index in [0.717, 1.165) is 37.7 Å². The van der Waals surface area contributed by atoms with Crippen molar-refractivity contribution in [3.05, 3.63) is 29.3 Å². The molecule has 4 atom stereocenters. The van der Waals surface area contributed by atoms with Crippen LogP contribution in [0.4, 0.5) is 0 Å². The number of carbonyl (C=O) groups is 2. The SMILES string of the molecule is C[C@@H](O[Si](C)(C)C(C)(C)C)[C@H]1C(=O)N[C@@H]1[C@@H](C)C(=O)c1cc(S(=O)(=O)NC2CCCCC2)ccc1C(C)(C)C. The monoisotopic (exact) mass is 578 g/mol. The summed E-state index contributed by atoms with van der Waals surface area (Å²) in [4.78, 5) is 26.9. The Kier molecular flexibility index (Phi) is 9.32. The number of nitrogens with one attached hydrogen (secondary N) is 2. The number of sulfonamides is 1. The maximum Gasteiger partial charge on any atom is 0.240 e. The van der Waals surface area contributed by atoms with Gasteiger partial charge in [-0.05, 0) is 61.0 Å². The van der Waals surface area contributed by atoms with Gasteiger partial charge in [0.1, 0.15) is 0 Å². The topological polar surface area (TPSA) is 102 Å². The highest BCUT2D eigenvalue weighted by Crippen LogP contribution is 2.40. The zero-order chi connectivity index (χ0) is 29.6. The Hall–Kier alpha value is -1.55. The van der Waals surface area contributed by atoms with Crippen LogP contribution in [0.5, 0.6) is 0 Å². The number of carbonyl (C=O) groups excluding carboxylic acids is 2. The van der Waals surface area contributed by atoms with Crippen molar-refractivity contribution < 1.29 is 22.4 Å². The molecule has 0 aromatic heterocycles. The van der Waals surface area contributed by atoms with Crippen molar-refractivity contribution in [2.24, 2.45) is 11.8 Å². The molecule has 1 saturated heterocycles. The van der Waals surface area contributed by atoms with Crippen LogP contribution in [-0.2, 0) is 24.7 Å². The molecule has 1 saturated carbocycles. The van der Waals surface area contributed by atoms with Crippen LogP contribution in [0.3, 0.4) is 0 Å². The number of Topliss-reactive ketones (excluding diaryl/α,β-unsaturated/α-hetero) is 1. The third kappa shape index (κ3) is 7.03. The smallest absolute Gasteiger partial charge is 0.240 e. The molecular weight excluding hydrogens is 528 g/mol. The van der Waals surface area contributed by atoms with Gasteiger partial charge in [0, 0.05) is 17.5 Å². The summed E-state index contributed by atoms with van der Waals surface area (Å²) in [6.45, 7) is 20.6. The number of β-lactam (4-membered cyclic amide) rings is 1. The van der Waals surface area contributed by atoms with Crippen LogP contribution in [0, 0.1) is 11.8 Å². The van der Waals surface area contributed by atoms with Gasteiger partial charge in [-0.2, -0.15) is 0 Å². The average Bonchev–Trinajstić information content (AvgIpc) is 2.79. The van der Waals surface area contributed by atoms with Gasteiger partial charge in [-0.3, -0.25) is 9.59 Å². The maximum absolute atomic E-state index is 14.0. The van der Waals surface area contributed by atoms with Crippen LogP contribution < -0.4 is 10.0 Å². The molecule has 1 heterocycles. The van der Waals surface area contributed by atoms with Crippen molar-refractivity contribution in [1.82, 2.24) is 10.0 Å². The van der Waals surface area contributed by atoms with Crippen LogP contribution in [-0.4, -0.2) is 46.6 Å². The molecule has 3 rings (SSSR count). The highest BCUT2D eigenvalue weighted by Gasteiger charge is 2.50. The van der Waals surface area contributed by atoms with Crippen LogP contribution in [0.2, 0.25) is 18.1 Å². The Labute approximate surface area is 237 Å². The van der Waals surface area contributed by atoms with Gasteiger partial charge in [-0.1, -0.05) is 73.8 Å². The quantitative estimate of drug-likeness (QED) is 0.215. The first-order valence-electron chi connectivity index (χ1n) is 14.5. The molecule has 1 aliphatic heterocycles. The van der Waals surface area contributed by atoms with E-state index in [1.54, 1.807) is 12.1 Å². The first kappa shape index (κ1) is 32.0. The van der Waals surface area contributed by atoms with Crippen LogP contribution in [0.15, 0.2) is 23.1 Å². The molecule has 0 radical (unpaired) electrons. The highest BCUT2D eigenvalue weighted by molar-refractivity contribution is 7.89. The van der Waals surface area contributed by atoms with E-state index in [2.05, 4.69) is 43.9 Å². The Morgan fingerprint density at radius 1 is 1.05 bits per heavy atom. The molecule has 39 heavy (non-hydrogen) atoms. The van der Waals surface area contributed by atoms with Gasteiger partial charge < -0.3 is 9.74 Å². The molecular formula is C30H50N2O5SSi. The van der Waals surface area contributed by atoms with Crippen molar-refractivity contribution in [2.45, 2.75) is 134 Å². The van der Waals surface area contributed by atoms with Gasteiger partial charge in [0.15, 0.2) is 14.1 Å². The van der Waals surface area contributed by atoms with Crippen molar-refractivity contribution in [3.63, 3.8) is 0 Å². The first-order chi connectivity index (χ1) is 17.8. The van der Waals surface area contributed by atoms with Gasteiger partial charge in [-0.15, -0.1) is 0 Å². The second-order valence-corrected chi connectivity index (χ2v) is 20.7. The molecule has 1 aromatic carbocycles. The zero-order valence-electron chi connectivity index (χ0n) is 25.6. The minimum Gasteiger partial charge on any atom is -0.413 e. The molecule has 9 heteroatoms. The fraction of sp³-hybridized carbons (Fsp3) is 0.733. The average molecular weight is 579 g/mol. The minimum absolute atomic E-state index is 0.00236. The maximum atomic E-state index is 14.0. The van der Waals surface area contributed by atoms with Gasteiger partial charge in [0.25, 0.3) is 0 Å². The lowest BCUT2D eigenvalue weighted by Crippen LogP contribution is -2.66. The standard InChI is InChI=1S/C30H50N2O5SSi/c1-19(26-25(28(34)31-26)20(2)37-39(9,10)30(6,7)8)27(33)23-18-22(16-17-24(23)29(3,4)5)38(35,36)32-21-14-12-11-13-15-21/h16-21,25-26,32H,11-15H2,1-10H3,(H,31,34)/t19-,20-,25-,26-/m1/s1. The van der Waals surface area contributed by atoms with Gasteiger partial charge in [0.05, 0.1) is 23.0 Å². The normalized spacial score (nSPS) is 23.1. The fourth-order valence-electron chi connectivity index (χ4n) is 5.54. The number of rotatable bonds is 9. The minimum atomic E-state index is -3.77. The molecule has 1 amide bonds. The van der Waals surface area contributed by atoms with Crippen LogP contribution in [0.25, 0.3) is 0 Å². The van der Waals surface area contributed by atoms with Crippen molar-refractivity contribution in [2.75, 3.05) is 0 Å². The zero-order valence-corrected chi connectivity index (χ0v) is 27.4. The summed E-state index contributed by atoms with van der Waals surface area (Å²) in [5.74, 6) is -1.24. The van der Waals surface area contributed by atoms with E-state index in [4.69, 9.17) is 4.43 Å². The van der Waals surface area contributed by atoms with Crippen molar-refractivity contribution in [1.29, 1.82) is 0 Å². The molecule has 0 unspecified atom stereocenters. The predicted molar refractivity (Wildman–Crippen MR) is 159 cm³/mol. The molecule has 1 aliphatic carbocycles. The molecule has 0 spiro atoms. The lowest BCUT2D eigenvalue weighted by molar-refractivity contribution is -0.141. The third-order valence-electron chi connectivity index (χ3n) is 9.05. The summed E-state index contributed by atoms with van der Waals surface area (Å²) >= 11 is 0. The molecule has 220 valence electrons. The molecule has 2 aliphatic rings. The predicted octanol–water partition coefficient (Wildman–Crippen LogP) is 5.94. The van der Waals surface area contributed by atoms with E-state index >= 15 is 0 Å². The van der Waals surface area contributed by atoms with E-state index in [0.29, 0.717) is 5.56 Å². The number of amides is 1. The summed E-state index contributed by atoms with van der Waals surface area (Å²) < 4.78 is 36.0. The molecule has 2 fully saturated rings. The molecule has 7 nitrogen and oxygen atoms in total. The van der Waals surface area contributed by atoms with Gasteiger partial charge in [-0.25, -0.2) is 13.1 Å². The van der Waals surface area contributed by atoms with Crippen molar-refractivity contribution in [3.8, 4) is 0 Å². The van der Waals surface area contributed by atoms with Gasteiger partial charge in [0.2, 0.25) is 15.9 Å². The largest absolute Gasteiger partial charge is 0.413 e. The van der Waals surface area contributed by atoms with Gasteiger partial charge >= 0.3 is 0 Å². The van der Waals surface area contributed by atoms with E-state index in [1.807, 2.05) is 34.6 Å². The fourth-order valence-corrected chi connectivity index (χ4v) is 8.30. The Morgan fingerprint density at radius 2 is 1.64 bits per heavy atom. The lowest BCUT2D eigenvalue weighted by atomic mass is 9.74. The third-order valence-corrected chi connectivity index (χ3v) is 15.1. The van der Waals surface area contributed by atoms with E-state index in [-0.39, 0.29) is 45.2 Å². The lowest BCUT2D eigenvalue weighted by Gasteiger charge is -2.47. The van der Waals surface area contributed by atoms with E-state index < -0.39 is 30.2 Å². The number of ketones is 1. The van der Waals surface area contributed by atoms with Crippen LogP contribution in [0.1, 0.15) is 103 Å². The highest BCUT2D eigenvalue weighted by atomic mass is 32.2. The number of hydrogen-bond acceptors (Lipinski definition) is 5. The molecule has 1 aromatic rings. The first-order valence-corrected chi connectivity index (χ1v) is 18.8.